The molecule has 0 aromatic carbocycles. The molecule has 0 aliphatic rings. The van der Waals surface area contributed by atoms with Gasteiger partial charge in [-0.25, -0.2) is 4.79 Å². The molecule has 0 fully saturated rings. The Labute approximate surface area is 174 Å². The second-order valence-electron chi connectivity index (χ2n) is 6.90. The van der Waals surface area contributed by atoms with Gasteiger partial charge in [0.15, 0.2) is 0 Å². The smallest absolute Gasteiger partial charge is 0.326 e. The minimum atomic E-state index is -1.38. The van der Waals surface area contributed by atoms with E-state index in [0.29, 0.717) is 5.75 Å². The largest absolute Gasteiger partial charge is 0.480 e. The zero-order valence-corrected chi connectivity index (χ0v) is 17.7. The zero-order valence-electron chi connectivity index (χ0n) is 16.9. The molecule has 0 spiro atoms. The van der Waals surface area contributed by atoms with E-state index in [4.69, 9.17) is 10.8 Å². The van der Waals surface area contributed by atoms with E-state index in [9.17, 15) is 29.4 Å². The highest BCUT2D eigenvalue weighted by molar-refractivity contribution is 7.98. The molecule has 3 amide bonds. The summed E-state index contributed by atoms with van der Waals surface area (Å²) in [6, 6.07) is -4.80. The van der Waals surface area contributed by atoms with E-state index in [0.717, 1.165) is 0 Å². The molecule has 8 N–H and O–H groups in total. The van der Waals surface area contributed by atoms with E-state index in [1.807, 2.05) is 20.1 Å². The van der Waals surface area contributed by atoms with Crippen LogP contribution in [0.5, 0.6) is 0 Å². The Balaban J connectivity index is 5.19. The van der Waals surface area contributed by atoms with Gasteiger partial charge in [-0.2, -0.15) is 11.8 Å². The molecule has 0 radical (unpaired) electrons. The Morgan fingerprint density at radius 1 is 0.897 bits per heavy atom. The van der Waals surface area contributed by atoms with Crippen LogP contribution in [0.2, 0.25) is 0 Å². The van der Waals surface area contributed by atoms with E-state index in [1.54, 1.807) is 0 Å². The number of rotatable bonds is 14. The number of thioether (sulfide) groups is 1. The van der Waals surface area contributed by atoms with Crippen LogP contribution in [0.1, 0.15) is 26.7 Å². The summed E-state index contributed by atoms with van der Waals surface area (Å²) < 4.78 is 0. The minimum absolute atomic E-state index is 0.0281. The first-order valence-electron chi connectivity index (χ1n) is 9.17. The Morgan fingerprint density at radius 2 is 1.41 bits per heavy atom. The van der Waals surface area contributed by atoms with Gasteiger partial charge in [-0.15, -0.1) is 0 Å². The molecule has 0 heterocycles. The van der Waals surface area contributed by atoms with Crippen LogP contribution in [0, 0.1) is 5.92 Å². The summed E-state index contributed by atoms with van der Waals surface area (Å²) >= 11 is 1.43. The van der Waals surface area contributed by atoms with Crippen LogP contribution in [0.3, 0.4) is 0 Å². The highest BCUT2D eigenvalue weighted by Crippen LogP contribution is 2.07. The Kier molecular flexibility index (Phi) is 13.2. The van der Waals surface area contributed by atoms with E-state index in [-0.39, 0.29) is 18.8 Å². The number of carboxylic acid groups (broad SMARTS) is 1. The standard InChI is InChI=1S/C17H32N4O7S/c1-9(2)6-12(17(27)28)20-15(25)11(4-5-29-3)19-16(26)13(8-23)21-14(24)10(18)7-22/h9-13,22-23H,4-8,18H2,1-3H3,(H,19,26)(H,20,25)(H,21,24)(H,27,28). The number of aliphatic hydroxyl groups is 2. The fourth-order valence-electron chi connectivity index (χ4n) is 2.30. The summed E-state index contributed by atoms with van der Waals surface area (Å²) in [5.41, 5.74) is 5.36. The van der Waals surface area contributed by atoms with Crippen molar-refractivity contribution in [2.45, 2.75) is 50.9 Å². The van der Waals surface area contributed by atoms with Crippen LogP contribution in [0.4, 0.5) is 0 Å². The summed E-state index contributed by atoms with van der Waals surface area (Å²) in [4.78, 5) is 48.1. The van der Waals surface area contributed by atoms with Crippen molar-refractivity contribution in [3.63, 3.8) is 0 Å². The third-order valence-electron chi connectivity index (χ3n) is 3.91. The molecule has 0 rings (SSSR count). The van der Waals surface area contributed by atoms with Crippen LogP contribution in [0.15, 0.2) is 0 Å². The maximum atomic E-state index is 12.6. The number of carbonyl (C=O) groups is 4. The number of aliphatic carboxylic acids is 1. The molecule has 12 heteroatoms. The fraction of sp³-hybridized carbons (Fsp3) is 0.765. The third kappa shape index (κ3) is 10.5. The molecule has 29 heavy (non-hydrogen) atoms. The van der Waals surface area contributed by atoms with Crippen LogP contribution in [-0.4, -0.2) is 88.4 Å². The highest BCUT2D eigenvalue weighted by atomic mass is 32.2. The molecule has 168 valence electrons. The van der Waals surface area contributed by atoms with Gasteiger partial charge in [0, 0.05) is 0 Å². The average Bonchev–Trinajstić information content (AvgIpc) is 2.66. The lowest BCUT2D eigenvalue weighted by Gasteiger charge is -2.24. The van der Waals surface area contributed by atoms with Gasteiger partial charge in [0.05, 0.1) is 13.2 Å². The molecule has 0 aromatic heterocycles. The van der Waals surface area contributed by atoms with E-state index >= 15 is 0 Å². The van der Waals surface area contributed by atoms with Crippen molar-refractivity contribution < 1.29 is 34.5 Å². The van der Waals surface area contributed by atoms with E-state index in [2.05, 4.69) is 16.0 Å². The third-order valence-corrected chi connectivity index (χ3v) is 4.56. The predicted octanol–water partition coefficient (Wildman–Crippen LogP) is -2.36. The maximum Gasteiger partial charge on any atom is 0.326 e. The van der Waals surface area contributed by atoms with Gasteiger partial charge in [-0.1, -0.05) is 13.8 Å². The second kappa shape index (κ2) is 14.1. The van der Waals surface area contributed by atoms with Gasteiger partial charge < -0.3 is 37.0 Å². The summed E-state index contributed by atoms with van der Waals surface area (Å²) in [6.45, 7) is 2.25. The number of hydrogen-bond donors (Lipinski definition) is 7. The Morgan fingerprint density at radius 3 is 1.86 bits per heavy atom. The normalized spacial score (nSPS) is 15.1. The van der Waals surface area contributed by atoms with Crippen molar-refractivity contribution >= 4 is 35.5 Å². The number of aliphatic hydroxyl groups excluding tert-OH is 2. The summed E-state index contributed by atoms with van der Waals surface area (Å²) in [6.07, 6.45) is 2.25. The number of carbonyl (C=O) groups excluding carboxylic acids is 3. The molecule has 0 bridgehead atoms. The molecule has 0 aliphatic heterocycles. The minimum Gasteiger partial charge on any atom is -0.480 e. The van der Waals surface area contributed by atoms with Gasteiger partial charge in [-0.05, 0) is 30.8 Å². The first-order valence-corrected chi connectivity index (χ1v) is 10.6. The number of nitrogens with one attached hydrogen (secondary N) is 3. The lowest BCUT2D eigenvalue weighted by Crippen LogP contribution is -2.58. The quantitative estimate of drug-likeness (QED) is 0.156. The van der Waals surface area contributed by atoms with Crippen LogP contribution in [0.25, 0.3) is 0 Å². The van der Waals surface area contributed by atoms with Crippen molar-refractivity contribution in [2.24, 2.45) is 11.7 Å². The molecule has 0 saturated heterocycles. The molecular formula is C17H32N4O7S. The average molecular weight is 437 g/mol. The molecule has 4 atom stereocenters. The predicted molar refractivity (Wildman–Crippen MR) is 108 cm³/mol. The SMILES string of the molecule is CSCCC(NC(=O)C(CO)NC(=O)C(N)CO)C(=O)NC(CC(C)C)C(=O)O. The summed E-state index contributed by atoms with van der Waals surface area (Å²) in [7, 11) is 0. The molecule has 0 aliphatic carbocycles. The van der Waals surface area contributed by atoms with Gasteiger partial charge in [0.2, 0.25) is 17.7 Å². The maximum absolute atomic E-state index is 12.6. The number of nitrogens with two attached hydrogens (primary N) is 1. The van der Waals surface area contributed by atoms with E-state index < -0.39 is 61.1 Å². The molecule has 11 nitrogen and oxygen atoms in total. The zero-order chi connectivity index (χ0) is 22.6. The highest BCUT2D eigenvalue weighted by Gasteiger charge is 2.30. The monoisotopic (exact) mass is 436 g/mol. The van der Waals surface area contributed by atoms with Crippen molar-refractivity contribution in [3.05, 3.63) is 0 Å². The van der Waals surface area contributed by atoms with Crippen LogP contribution >= 0.6 is 11.8 Å². The number of carboxylic acids is 1. The van der Waals surface area contributed by atoms with Crippen molar-refractivity contribution in [1.82, 2.24) is 16.0 Å². The van der Waals surface area contributed by atoms with Gasteiger partial charge >= 0.3 is 5.97 Å². The number of hydrogen-bond acceptors (Lipinski definition) is 8. The topological polar surface area (TPSA) is 191 Å². The Hall–Kier alpha value is -1.89. The Bertz CT molecular complexity index is 562. The van der Waals surface area contributed by atoms with Crippen LogP contribution < -0.4 is 21.7 Å². The first-order chi connectivity index (χ1) is 13.6. The molecule has 0 saturated carbocycles. The van der Waals surface area contributed by atoms with Crippen molar-refractivity contribution in [3.8, 4) is 0 Å². The fourth-order valence-corrected chi connectivity index (χ4v) is 2.77. The second-order valence-corrected chi connectivity index (χ2v) is 7.89. The van der Waals surface area contributed by atoms with Crippen molar-refractivity contribution in [1.29, 1.82) is 0 Å². The van der Waals surface area contributed by atoms with Crippen LogP contribution in [-0.2, 0) is 19.2 Å². The van der Waals surface area contributed by atoms with E-state index in [1.165, 1.54) is 11.8 Å². The summed E-state index contributed by atoms with van der Waals surface area (Å²) in [5, 5.41) is 34.6. The first kappa shape index (κ1) is 27.1. The molecule has 0 aromatic rings. The van der Waals surface area contributed by atoms with Gasteiger partial charge in [0.1, 0.15) is 24.2 Å². The molecule has 4 unspecified atom stereocenters. The lowest BCUT2D eigenvalue weighted by atomic mass is 10.0. The lowest BCUT2D eigenvalue weighted by molar-refractivity contribution is -0.142. The van der Waals surface area contributed by atoms with Gasteiger partial charge in [0.25, 0.3) is 0 Å². The van der Waals surface area contributed by atoms with Crippen molar-refractivity contribution in [2.75, 3.05) is 25.2 Å². The molecular weight excluding hydrogens is 404 g/mol. The summed E-state index contributed by atoms with van der Waals surface area (Å²) in [5.74, 6) is -2.99. The number of amides is 3. The van der Waals surface area contributed by atoms with Gasteiger partial charge in [-0.3, -0.25) is 14.4 Å².